The highest BCUT2D eigenvalue weighted by Gasteiger charge is 2.23. The molecule has 1 atom stereocenters. The van der Waals surface area contributed by atoms with Crippen molar-refractivity contribution in [3.63, 3.8) is 0 Å². The third-order valence-corrected chi connectivity index (χ3v) is 3.41. The van der Waals surface area contributed by atoms with E-state index >= 15 is 0 Å². The lowest BCUT2D eigenvalue weighted by Crippen LogP contribution is -2.51. The summed E-state index contributed by atoms with van der Waals surface area (Å²) in [4.78, 5) is 12.0. The van der Waals surface area contributed by atoms with E-state index in [0.29, 0.717) is 6.54 Å². The average molecular weight is 258 g/mol. The van der Waals surface area contributed by atoms with Crippen LogP contribution < -0.4 is 10.6 Å². The van der Waals surface area contributed by atoms with Crippen LogP contribution in [0.5, 0.6) is 0 Å². The molecule has 0 spiro atoms. The zero-order valence-corrected chi connectivity index (χ0v) is 12.8. The highest BCUT2D eigenvalue weighted by Crippen LogP contribution is 2.18. The van der Waals surface area contributed by atoms with Gasteiger partial charge < -0.3 is 15.7 Å². The summed E-state index contributed by atoms with van der Waals surface area (Å²) in [7, 11) is 0. The molecule has 0 bridgehead atoms. The van der Waals surface area contributed by atoms with Gasteiger partial charge in [0.05, 0.1) is 6.04 Å². The molecule has 0 heterocycles. The maximum atomic E-state index is 12.0. The van der Waals surface area contributed by atoms with E-state index in [1.165, 1.54) is 0 Å². The van der Waals surface area contributed by atoms with Crippen LogP contribution in [-0.4, -0.2) is 35.7 Å². The zero-order valence-electron chi connectivity index (χ0n) is 12.8. The lowest BCUT2D eigenvalue weighted by molar-refractivity contribution is -0.124. The number of hydrogen-bond donors (Lipinski definition) is 3. The molecule has 0 radical (unpaired) electrons. The van der Waals surface area contributed by atoms with Gasteiger partial charge in [-0.3, -0.25) is 4.79 Å². The van der Waals surface area contributed by atoms with Crippen LogP contribution in [0, 0.1) is 5.41 Å². The van der Waals surface area contributed by atoms with Crippen molar-refractivity contribution in [2.24, 2.45) is 5.41 Å². The molecule has 1 unspecified atom stereocenters. The Bertz CT molecular complexity index is 263. The van der Waals surface area contributed by atoms with Crippen LogP contribution in [0.4, 0.5) is 0 Å². The second kappa shape index (κ2) is 7.10. The fourth-order valence-electron chi connectivity index (χ4n) is 1.44. The van der Waals surface area contributed by atoms with Gasteiger partial charge in [-0.2, -0.15) is 0 Å². The summed E-state index contributed by atoms with van der Waals surface area (Å²) in [6.45, 7) is 13.0. The van der Waals surface area contributed by atoms with Crippen molar-refractivity contribution in [3.8, 4) is 0 Å². The molecule has 0 aromatic heterocycles. The van der Waals surface area contributed by atoms with Crippen molar-refractivity contribution < 1.29 is 9.90 Å². The van der Waals surface area contributed by atoms with Crippen molar-refractivity contribution >= 4 is 5.91 Å². The zero-order chi connectivity index (χ0) is 14.4. The maximum absolute atomic E-state index is 12.0. The summed E-state index contributed by atoms with van der Waals surface area (Å²) < 4.78 is 0. The Morgan fingerprint density at radius 1 is 1.28 bits per heavy atom. The highest BCUT2D eigenvalue weighted by molar-refractivity contribution is 5.81. The molecule has 108 valence electrons. The van der Waals surface area contributed by atoms with E-state index in [1.807, 2.05) is 20.8 Å². The molecule has 1 amide bonds. The van der Waals surface area contributed by atoms with Crippen LogP contribution in [-0.2, 0) is 4.79 Å². The SMILES string of the molecule is CCC(C)(C)NC(=O)C(C)NCC(C)(C)CCO. The van der Waals surface area contributed by atoms with Gasteiger partial charge in [0.25, 0.3) is 0 Å². The number of hydrogen-bond acceptors (Lipinski definition) is 3. The van der Waals surface area contributed by atoms with Crippen LogP contribution in [0.2, 0.25) is 0 Å². The lowest BCUT2D eigenvalue weighted by Gasteiger charge is -2.29. The molecule has 18 heavy (non-hydrogen) atoms. The van der Waals surface area contributed by atoms with Crippen LogP contribution in [0.3, 0.4) is 0 Å². The van der Waals surface area contributed by atoms with E-state index in [-0.39, 0.29) is 29.5 Å². The van der Waals surface area contributed by atoms with Gasteiger partial charge >= 0.3 is 0 Å². The first-order valence-electron chi connectivity index (χ1n) is 6.80. The minimum absolute atomic E-state index is 0.00354. The lowest BCUT2D eigenvalue weighted by atomic mass is 9.89. The molecule has 0 rings (SSSR count). The Hall–Kier alpha value is -0.610. The van der Waals surface area contributed by atoms with Crippen molar-refractivity contribution in [1.82, 2.24) is 10.6 Å². The highest BCUT2D eigenvalue weighted by atomic mass is 16.3. The predicted octanol–water partition coefficient (Wildman–Crippen LogP) is 1.68. The Labute approximate surface area is 112 Å². The topological polar surface area (TPSA) is 61.4 Å². The van der Waals surface area contributed by atoms with E-state index in [1.54, 1.807) is 0 Å². The van der Waals surface area contributed by atoms with Crippen LogP contribution in [0.15, 0.2) is 0 Å². The minimum Gasteiger partial charge on any atom is -0.396 e. The van der Waals surface area contributed by atoms with Gasteiger partial charge in [0.15, 0.2) is 0 Å². The van der Waals surface area contributed by atoms with Crippen molar-refractivity contribution in [3.05, 3.63) is 0 Å². The molecule has 0 aliphatic rings. The monoisotopic (exact) mass is 258 g/mol. The van der Waals surface area contributed by atoms with E-state index in [4.69, 9.17) is 5.11 Å². The molecule has 0 aromatic carbocycles. The van der Waals surface area contributed by atoms with Gasteiger partial charge in [-0.1, -0.05) is 20.8 Å². The molecule has 0 saturated heterocycles. The first kappa shape index (κ1) is 17.4. The standard InChI is InChI=1S/C14H30N2O2/c1-7-14(5,6)16-12(18)11(2)15-10-13(3,4)8-9-17/h11,15,17H,7-10H2,1-6H3,(H,16,18). The molecule has 4 nitrogen and oxygen atoms in total. The molecule has 0 aliphatic carbocycles. The van der Waals surface area contributed by atoms with Crippen molar-refractivity contribution in [2.75, 3.05) is 13.2 Å². The summed E-state index contributed by atoms with van der Waals surface area (Å²) in [5, 5.41) is 15.2. The van der Waals surface area contributed by atoms with E-state index in [9.17, 15) is 4.79 Å². The van der Waals surface area contributed by atoms with Crippen molar-refractivity contribution in [1.29, 1.82) is 0 Å². The first-order valence-corrected chi connectivity index (χ1v) is 6.80. The molecule has 0 aliphatic heterocycles. The van der Waals surface area contributed by atoms with Crippen LogP contribution in [0.25, 0.3) is 0 Å². The number of carbonyl (C=O) groups excluding carboxylic acids is 1. The normalized spacial score (nSPS) is 14.4. The quantitative estimate of drug-likeness (QED) is 0.621. The molecule has 0 aromatic rings. The summed E-state index contributed by atoms with van der Waals surface area (Å²) in [5.41, 5.74) is -0.156. The molecule has 4 heteroatoms. The number of aliphatic hydroxyl groups excluding tert-OH is 1. The fraction of sp³-hybridized carbons (Fsp3) is 0.929. The minimum atomic E-state index is -0.214. The fourth-order valence-corrected chi connectivity index (χ4v) is 1.44. The van der Waals surface area contributed by atoms with E-state index in [2.05, 4.69) is 31.4 Å². The van der Waals surface area contributed by atoms with E-state index in [0.717, 1.165) is 12.8 Å². The third-order valence-electron chi connectivity index (χ3n) is 3.41. The van der Waals surface area contributed by atoms with E-state index < -0.39 is 0 Å². The molecular formula is C14H30N2O2. The second-order valence-corrected chi connectivity index (χ2v) is 6.47. The van der Waals surface area contributed by atoms with Gasteiger partial charge in [0.2, 0.25) is 5.91 Å². The molecule has 3 N–H and O–H groups in total. The maximum Gasteiger partial charge on any atom is 0.237 e. The molecular weight excluding hydrogens is 228 g/mol. The average Bonchev–Trinajstić information content (AvgIpc) is 2.25. The smallest absolute Gasteiger partial charge is 0.237 e. The Kier molecular flexibility index (Phi) is 6.86. The van der Waals surface area contributed by atoms with Gasteiger partial charge in [-0.25, -0.2) is 0 Å². The van der Waals surface area contributed by atoms with Gasteiger partial charge in [-0.05, 0) is 39.0 Å². The number of aliphatic hydroxyl groups is 1. The first-order chi connectivity index (χ1) is 8.13. The van der Waals surface area contributed by atoms with Crippen LogP contribution in [0.1, 0.15) is 54.4 Å². The Morgan fingerprint density at radius 3 is 2.28 bits per heavy atom. The van der Waals surface area contributed by atoms with Gasteiger partial charge in [0.1, 0.15) is 0 Å². The summed E-state index contributed by atoms with van der Waals surface area (Å²) in [6.07, 6.45) is 1.64. The number of rotatable bonds is 8. The number of carbonyl (C=O) groups is 1. The van der Waals surface area contributed by atoms with Crippen LogP contribution >= 0.6 is 0 Å². The third kappa shape index (κ3) is 6.97. The molecule has 0 saturated carbocycles. The Morgan fingerprint density at radius 2 is 1.83 bits per heavy atom. The van der Waals surface area contributed by atoms with Crippen molar-refractivity contribution in [2.45, 2.75) is 66.0 Å². The Balaban J connectivity index is 4.17. The molecule has 0 fully saturated rings. The second-order valence-electron chi connectivity index (χ2n) is 6.47. The van der Waals surface area contributed by atoms with Gasteiger partial charge in [0, 0.05) is 18.7 Å². The number of nitrogens with one attached hydrogen (secondary N) is 2. The predicted molar refractivity (Wildman–Crippen MR) is 75.5 cm³/mol. The number of amides is 1. The van der Waals surface area contributed by atoms with Gasteiger partial charge in [-0.15, -0.1) is 0 Å². The summed E-state index contributed by atoms with van der Waals surface area (Å²) >= 11 is 0. The summed E-state index contributed by atoms with van der Waals surface area (Å²) in [6, 6.07) is -0.214. The summed E-state index contributed by atoms with van der Waals surface area (Å²) in [5.74, 6) is 0.0293. The largest absolute Gasteiger partial charge is 0.396 e.